The maximum Gasteiger partial charge on any atom is 0.253 e. The molecule has 0 aromatic heterocycles. The molecule has 2 aromatic rings. The van der Waals surface area contributed by atoms with Crippen molar-refractivity contribution >= 4 is 45.1 Å². The van der Waals surface area contributed by atoms with Crippen LogP contribution in [0, 0.1) is 0 Å². The maximum atomic E-state index is 12.0. The SMILES string of the molecule is CNC(=O)C(O)C1=C(/C=C/c2ccc(Cl)cc2)Cc2cc(Br)ccc21. The molecule has 3 rings (SSSR count). The van der Waals surface area contributed by atoms with E-state index in [4.69, 9.17) is 11.6 Å². The van der Waals surface area contributed by atoms with E-state index >= 15 is 0 Å². The van der Waals surface area contributed by atoms with Crippen molar-refractivity contribution in [3.63, 3.8) is 0 Å². The van der Waals surface area contributed by atoms with Gasteiger partial charge in [-0.2, -0.15) is 0 Å². The molecule has 0 bridgehead atoms. The highest BCUT2D eigenvalue weighted by Gasteiger charge is 2.29. The van der Waals surface area contributed by atoms with E-state index in [1.54, 1.807) is 0 Å². The van der Waals surface area contributed by atoms with Gasteiger partial charge in [0.1, 0.15) is 0 Å². The number of carbonyl (C=O) groups excluding carboxylic acids is 1. The number of aliphatic hydroxyl groups is 1. The molecule has 2 N–H and O–H groups in total. The smallest absolute Gasteiger partial charge is 0.253 e. The van der Waals surface area contributed by atoms with Gasteiger partial charge >= 0.3 is 0 Å². The molecular formula is C20H17BrClNO2. The number of nitrogens with one attached hydrogen (secondary N) is 1. The van der Waals surface area contributed by atoms with Gasteiger partial charge in [0.15, 0.2) is 6.10 Å². The van der Waals surface area contributed by atoms with Gasteiger partial charge in [0.25, 0.3) is 5.91 Å². The second-order valence-electron chi connectivity index (χ2n) is 5.82. The van der Waals surface area contributed by atoms with E-state index in [0.717, 1.165) is 26.7 Å². The summed E-state index contributed by atoms with van der Waals surface area (Å²) in [5, 5.41) is 13.7. The quantitative estimate of drug-likeness (QED) is 0.780. The molecule has 0 saturated heterocycles. The fourth-order valence-corrected chi connectivity index (χ4v) is 3.49. The lowest BCUT2D eigenvalue weighted by Gasteiger charge is -2.13. The number of rotatable bonds is 4. The predicted molar refractivity (Wildman–Crippen MR) is 105 cm³/mol. The number of fused-ring (bicyclic) bond motifs is 1. The predicted octanol–water partition coefficient (Wildman–Crippen LogP) is 4.23. The topological polar surface area (TPSA) is 49.3 Å². The summed E-state index contributed by atoms with van der Waals surface area (Å²) in [4.78, 5) is 12.0. The van der Waals surface area contributed by atoms with Gasteiger partial charge in [-0.05, 0) is 52.9 Å². The third-order valence-electron chi connectivity index (χ3n) is 4.20. The van der Waals surface area contributed by atoms with E-state index in [-0.39, 0.29) is 0 Å². The Morgan fingerprint density at radius 3 is 2.64 bits per heavy atom. The van der Waals surface area contributed by atoms with Crippen molar-refractivity contribution in [1.29, 1.82) is 0 Å². The molecule has 0 radical (unpaired) electrons. The summed E-state index contributed by atoms with van der Waals surface area (Å²) in [6.07, 6.45) is 3.39. The Morgan fingerprint density at radius 1 is 1.24 bits per heavy atom. The first-order valence-corrected chi connectivity index (χ1v) is 9.02. The Labute approximate surface area is 160 Å². The zero-order valence-electron chi connectivity index (χ0n) is 13.6. The van der Waals surface area contributed by atoms with Crippen LogP contribution in [0.5, 0.6) is 0 Å². The highest BCUT2D eigenvalue weighted by Crippen LogP contribution is 2.37. The van der Waals surface area contributed by atoms with Gasteiger partial charge in [0.2, 0.25) is 0 Å². The third kappa shape index (κ3) is 3.87. The monoisotopic (exact) mass is 417 g/mol. The number of carbonyl (C=O) groups is 1. The second-order valence-corrected chi connectivity index (χ2v) is 7.17. The van der Waals surface area contributed by atoms with Crippen LogP contribution in [0.3, 0.4) is 0 Å². The molecule has 0 aliphatic heterocycles. The molecular weight excluding hydrogens is 402 g/mol. The van der Waals surface area contributed by atoms with E-state index < -0.39 is 12.0 Å². The summed E-state index contributed by atoms with van der Waals surface area (Å²) in [5.74, 6) is -0.414. The number of hydrogen-bond acceptors (Lipinski definition) is 2. The van der Waals surface area contributed by atoms with Crippen LogP contribution in [0.15, 0.2) is 58.6 Å². The summed E-state index contributed by atoms with van der Waals surface area (Å²) in [5.41, 5.74) is 4.59. The number of benzene rings is 2. The molecule has 25 heavy (non-hydrogen) atoms. The summed E-state index contributed by atoms with van der Waals surface area (Å²) >= 11 is 9.39. The van der Waals surface area contributed by atoms with Gasteiger partial charge < -0.3 is 10.4 Å². The molecule has 5 heteroatoms. The van der Waals surface area contributed by atoms with Crippen molar-refractivity contribution in [3.05, 3.63) is 80.3 Å². The number of halogens is 2. The summed E-state index contributed by atoms with van der Waals surface area (Å²) in [6.45, 7) is 0. The van der Waals surface area contributed by atoms with E-state index in [0.29, 0.717) is 17.0 Å². The first-order valence-electron chi connectivity index (χ1n) is 7.84. The lowest BCUT2D eigenvalue weighted by molar-refractivity contribution is -0.126. The highest BCUT2D eigenvalue weighted by molar-refractivity contribution is 9.10. The van der Waals surface area contributed by atoms with Crippen molar-refractivity contribution in [3.8, 4) is 0 Å². The summed E-state index contributed by atoms with van der Waals surface area (Å²) < 4.78 is 0.975. The molecule has 3 nitrogen and oxygen atoms in total. The van der Waals surface area contributed by atoms with Gasteiger partial charge in [-0.1, -0.05) is 57.9 Å². The van der Waals surface area contributed by atoms with Crippen LogP contribution in [0.4, 0.5) is 0 Å². The van der Waals surface area contributed by atoms with Crippen LogP contribution in [0.2, 0.25) is 5.02 Å². The first kappa shape index (κ1) is 17.9. The summed E-state index contributed by atoms with van der Waals surface area (Å²) in [6, 6.07) is 13.4. The van der Waals surface area contributed by atoms with Crippen LogP contribution in [-0.2, 0) is 11.2 Å². The Bertz CT molecular complexity index is 872. The minimum atomic E-state index is -1.20. The molecule has 1 unspecified atom stereocenters. The van der Waals surface area contributed by atoms with Crippen LogP contribution in [0.25, 0.3) is 11.6 Å². The van der Waals surface area contributed by atoms with Crippen molar-refractivity contribution in [2.45, 2.75) is 12.5 Å². The van der Waals surface area contributed by atoms with Crippen molar-refractivity contribution in [1.82, 2.24) is 5.32 Å². The van der Waals surface area contributed by atoms with Crippen LogP contribution in [-0.4, -0.2) is 24.2 Å². The van der Waals surface area contributed by atoms with Gasteiger partial charge in [0.05, 0.1) is 0 Å². The number of likely N-dealkylation sites (N-methyl/N-ethyl adjacent to an activating group) is 1. The molecule has 2 aromatic carbocycles. The Kier molecular flexibility index (Phi) is 5.42. The number of allylic oxidation sites excluding steroid dienone is 2. The van der Waals surface area contributed by atoms with Gasteiger partial charge in [-0.3, -0.25) is 4.79 Å². The molecule has 0 fully saturated rings. The van der Waals surface area contributed by atoms with E-state index in [9.17, 15) is 9.90 Å². The molecule has 128 valence electrons. The van der Waals surface area contributed by atoms with Crippen molar-refractivity contribution < 1.29 is 9.90 Å². The molecule has 1 amide bonds. The lowest BCUT2D eigenvalue weighted by Crippen LogP contribution is -2.32. The molecule has 0 heterocycles. The van der Waals surface area contributed by atoms with Gasteiger partial charge in [-0.25, -0.2) is 0 Å². The largest absolute Gasteiger partial charge is 0.378 e. The first-order chi connectivity index (χ1) is 12.0. The van der Waals surface area contributed by atoms with Crippen LogP contribution < -0.4 is 5.32 Å². The zero-order chi connectivity index (χ0) is 18.0. The molecule has 0 spiro atoms. The molecule has 1 aliphatic carbocycles. The normalized spacial score (nSPS) is 14.7. The second kappa shape index (κ2) is 7.56. The Morgan fingerprint density at radius 2 is 1.96 bits per heavy atom. The van der Waals surface area contributed by atoms with Crippen LogP contribution >= 0.6 is 27.5 Å². The lowest BCUT2D eigenvalue weighted by atomic mass is 9.99. The maximum absolute atomic E-state index is 12.0. The standard InChI is InChI=1S/C20H17BrClNO2/c1-23-20(25)19(24)18-13(5-2-12-3-7-16(22)8-4-12)10-14-11-15(21)6-9-17(14)18/h2-9,11,19,24H,10H2,1H3,(H,23,25)/b5-2+. The third-order valence-corrected chi connectivity index (χ3v) is 4.94. The minimum absolute atomic E-state index is 0.414. The number of amides is 1. The Hall–Kier alpha value is -1.88. The van der Waals surface area contributed by atoms with Crippen molar-refractivity contribution in [2.24, 2.45) is 0 Å². The van der Waals surface area contributed by atoms with Gasteiger partial charge in [0, 0.05) is 22.1 Å². The fraction of sp³-hybridized carbons (Fsp3) is 0.150. The Balaban J connectivity index is 2.00. The van der Waals surface area contributed by atoms with E-state index in [1.165, 1.54) is 7.05 Å². The molecule has 1 aliphatic rings. The zero-order valence-corrected chi connectivity index (χ0v) is 15.9. The van der Waals surface area contributed by atoms with Crippen LogP contribution in [0.1, 0.15) is 16.7 Å². The van der Waals surface area contributed by atoms with Gasteiger partial charge in [-0.15, -0.1) is 0 Å². The molecule has 1 atom stereocenters. The molecule has 0 saturated carbocycles. The number of aliphatic hydroxyl groups excluding tert-OH is 1. The summed E-state index contributed by atoms with van der Waals surface area (Å²) in [7, 11) is 1.52. The van der Waals surface area contributed by atoms with E-state index in [1.807, 2.05) is 54.6 Å². The fourth-order valence-electron chi connectivity index (χ4n) is 2.95. The number of hydrogen-bond donors (Lipinski definition) is 2. The van der Waals surface area contributed by atoms with E-state index in [2.05, 4.69) is 21.2 Å². The minimum Gasteiger partial charge on any atom is -0.378 e. The van der Waals surface area contributed by atoms with Crippen molar-refractivity contribution in [2.75, 3.05) is 7.05 Å². The highest BCUT2D eigenvalue weighted by atomic mass is 79.9. The average Bonchev–Trinajstić information content (AvgIpc) is 2.97. The average molecular weight is 419 g/mol.